The van der Waals surface area contributed by atoms with Crippen molar-refractivity contribution in [3.63, 3.8) is 0 Å². The van der Waals surface area contributed by atoms with Crippen LogP contribution in [0.3, 0.4) is 0 Å². The largest absolute Gasteiger partial charge is 0.310 e. The summed E-state index contributed by atoms with van der Waals surface area (Å²) < 4.78 is 1.76. The molecule has 0 saturated heterocycles. The second kappa shape index (κ2) is 9.65. The van der Waals surface area contributed by atoms with Gasteiger partial charge in [0.2, 0.25) is 5.91 Å². The van der Waals surface area contributed by atoms with Crippen LogP contribution in [-0.4, -0.2) is 26.2 Å². The van der Waals surface area contributed by atoms with Gasteiger partial charge in [0.1, 0.15) is 11.5 Å². The molecular weight excluding hydrogens is 416 g/mol. The van der Waals surface area contributed by atoms with E-state index >= 15 is 0 Å². The van der Waals surface area contributed by atoms with Gasteiger partial charge in [0.25, 0.3) is 5.56 Å². The van der Waals surface area contributed by atoms with E-state index in [0.29, 0.717) is 35.6 Å². The van der Waals surface area contributed by atoms with E-state index in [4.69, 9.17) is 0 Å². The van der Waals surface area contributed by atoms with Crippen LogP contribution < -0.4 is 10.9 Å². The average molecular weight is 447 g/mol. The van der Waals surface area contributed by atoms with Crippen molar-refractivity contribution in [3.8, 4) is 11.1 Å². The van der Waals surface area contributed by atoms with E-state index in [0.717, 1.165) is 48.6 Å². The summed E-state index contributed by atoms with van der Waals surface area (Å²) in [6.45, 7) is 6.51. The van der Waals surface area contributed by atoms with Crippen molar-refractivity contribution in [2.75, 3.05) is 5.32 Å². The molecule has 172 valence electrons. The standard InChI is InChI=1S/C26H30N4O3/c1-4-6-10-30-22-13-24(29-25(32)17-8-9-17)28-14-18(22)12-19(26(30)33)20-15-27-21(11-16(20)3)23(31)7-5-2/h11-15,17H,4-10H2,1-3H3,(H,28,29,32). The molecule has 7 nitrogen and oxygen atoms in total. The zero-order chi connectivity index (χ0) is 23.5. The molecular formula is C26H30N4O3. The van der Waals surface area contributed by atoms with Crippen molar-refractivity contribution in [1.29, 1.82) is 0 Å². The summed E-state index contributed by atoms with van der Waals surface area (Å²) in [4.78, 5) is 46.8. The molecule has 3 aromatic heterocycles. The van der Waals surface area contributed by atoms with Gasteiger partial charge in [0.05, 0.1) is 5.52 Å². The summed E-state index contributed by atoms with van der Waals surface area (Å²) in [6, 6.07) is 5.38. The van der Waals surface area contributed by atoms with Gasteiger partial charge in [-0.2, -0.15) is 0 Å². The van der Waals surface area contributed by atoms with Crippen molar-refractivity contribution >= 4 is 28.4 Å². The van der Waals surface area contributed by atoms with Gasteiger partial charge < -0.3 is 9.88 Å². The molecule has 1 aliphatic carbocycles. The molecule has 0 spiro atoms. The maximum Gasteiger partial charge on any atom is 0.258 e. The van der Waals surface area contributed by atoms with E-state index in [1.165, 1.54) is 0 Å². The van der Waals surface area contributed by atoms with E-state index in [2.05, 4.69) is 22.2 Å². The molecule has 1 amide bonds. The zero-order valence-electron chi connectivity index (χ0n) is 19.5. The van der Waals surface area contributed by atoms with Gasteiger partial charge in [-0.1, -0.05) is 20.3 Å². The highest BCUT2D eigenvalue weighted by molar-refractivity contribution is 5.96. The summed E-state index contributed by atoms with van der Waals surface area (Å²) in [5, 5.41) is 3.69. The topological polar surface area (TPSA) is 93.9 Å². The van der Waals surface area contributed by atoms with Gasteiger partial charge in [-0.15, -0.1) is 0 Å². The molecule has 0 aromatic carbocycles. The Balaban J connectivity index is 1.79. The number of carbonyl (C=O) groups excluding carboxylic acids is 2. The molecule has 0 bridgehead atoms. The van der Waals surface area contributed by atoms with Crippen molar-refractivity contribution in [2.45, 2.75) is 65.8 Å². The number of Topliss-reactive ketones (excluding diaryl/α,β-unsaturated/α-hetero) is 1. The molecule has 3 heterocycles. The first-order valence-electron chi connectivity index (χ1n) is 11.8. The minimum Gasteiger partial charge on any atom is -0.310 e. The maximum absolute atomic E-state index is 13.6. The number of hydrogen-bond acceptors (Lipinski definition) is 5. The third-order valence-electron chi connectivity index (χ3n) is 6.08. The number of amides is 1. The number of aryl methyl sites for hydroxylation is 2. The van der Waals surface area contributed by atoms with E-state index in [9.17, 15) is 14.4 Å². The quantitative estimate of drug-likeness (QED) is 0.472. The number of unbranched alkanes of at least 4 members (excludes halogenated alkanes) is 1. The zero-order valence-corrected chi connectivity index (χ0v) is 19.5. The molecule has 1 saturated carbocycles. The molecule has 4 rings (SSSR count). The molecule has 33 heavy (non-hydrogen) atoms. The summed E-state index contributed by atoms with van der Waals surface area (Å²) in [5.74, 6) is 0.541. The predicted octanol–water partition coefficient (Wildman–Crippen LogP) is 4.90. The van der Waals surface area contributed by atoms with Crippen LogP contribution in [0.15, 0.2) is 35.4 Å². The van der Waals surface area contributed by atoms with E-state index in [1.807, 2.05) is 19.9 Å². The molecule has 1 fully saturated rings. The van der Waals surface area contributed by atoms with Gasteiger partial charge >= 0.3 is 0 Å². The Kier molecular flexibility index (Phi) is 6.67. The number of pyridine rings is 3. The molecule has 0 unspecified atom stereocenters. The van der Waals surface area contributed by atoms with Crippen LogP contribution in [0.25, 0.3) is 22.0 Å². The summed E-state index contributed by atoms with van der Waals surface area (Å²) >= 11 is 0. The van der Waals surface area contributed by atoms with Crippen molar-refractivity contribution in [3.05, 3.63) is 52.2 Å². The van der Waals surface area contributed by atoms with Crippen LogP contribution >= 0.6 is 0 Å². The second-order valence-electron chi connectivity index (χ2n) is 8.82. The smallest absolute Gasteiger partial charge is 0.258 e. The van der Waals surface area contributed by atoms with Crippen molar-refractivity contribution in [2.24, 2.45) is 5.92 Å². The minimum atomic E-state index is -0.112. The van der Waals surface area contributed by atoms with Gasteiger partial charge in [0.15, 0.2) is 5.78 Å². The number of carbonyl (C=O) groups is 2. The SMILES string of the molecule is CCCCn1c(=O)c(-c2cnc(C(=O)CCC)cc2C)cc2cnc(NC(=O)C3CC3)cc21. The van der Waals surface area contributed by atoms with E-state index < -0.39 is 0 Å². The van der Waals surface area contributed by atoms with E-state index in [1.54, 1.807) is 29.1 Å². The summed E-state index contributed by atoms with van der Waals surface area (Å²) in [7, 11) is 0. The molecule has 0 aliphatic heterocycles. The van der Waals surface area contributed by atoms with Crippen molar-refractivity contribution < 1.29 is 9.59 Å². The first-order chi connectivity index (χ1) is 15.9. The molecule has 1 N–H and O–H groups in total. The first-order valence-corrected chi connectivity index (χ1v) is 11.8. The highest BCUT2D eigenvalue weighted by Crippen LogP contribution is 2.30. The number of aromatic nitrogens is 3. The Morgan fingerprint density at radius 2 is 1.85 bits per heavy atom. The number of hydrogen-bond donors (Lipinski definition) is 1. The Bertz CT molecular complexity index is 1270. The monoisotopic (exact) mass is 446 g/mol. The average Bonchev–Trinajstić information content (AvgIpc) is 3.64. The van der Waals surface area contributed by atoms with Crippen LogP contribution in [0.4, 0.5) is 5.82 Å². The summed E-state index contributed by atoms with van der Waals surface area (Å²) in [5.41, 5.74) is 3.16. The highest BCUT2D eigenvalue weighted by atomic mass is 16.2. The fourth-order valence-electron chi connectivity index (χ4n) is 3.99. The normalized spacial score (nSPS) is 13.3. The van der Waals surface area contributed by atoms with Crippen LogP contribution in [0.2, 0.25) is 0 Å². The lowest BCUT2D eigenvalue weighted by Crippen LogP contribution is -2.23. The Labute approximate surface area is 193 Å². The number of nitrogens with one attached hydrogen (secondary N) is 1. The third-order valence-corrected chi connectivity index (χ3v) is 6.08. The van der Waals surface area contributed by atoms with Crippen LogP contribution in [0, 0.1) is 12.8 Å². The molecule has 3 aromatic rings. The lowest BCUT2D eigenvalue weighted by Gasteiger charge is -2.15. The Morgan fingerprint density at radius 3 is 2.52 bits per heavy atom. The molecule has 0 radical (unpaired) electrons. The maximum atomic E-state index is 13.6. The van der Waals surface area contributed by atoms with Gasteiger partial charge in [0, 0.05) is 53.9 Å². The van der Waals surface area contributed by atoms with Gasteiger partial charge in [-0.05, 0) is 50.3 Å². The fraction of sp³-hybridized carbons (Fsp3) is 0.423. The lowest BCUT2D eigenvalue weighted by atomic mass is 10.0. The van der Waals surface area contributed by atoms with Crippen LogP contribution in [0.5, 0.6) is 0 Å². The van der Waals surface area contributed by atoms with Crippen molar-refractivity contribution in [1.82, 2.24) is 14.5 Å². The molecule has 7 heteroatoms. The van der Waals surface area contributed by atoms with E-state index in [-0.39, 0.29) is 23.2 Å². The number of ketones is 1. The highest BCUT2D eigenvalue weighted by Gasteiger charge is 2.29. The third kappa shape index (κ3) is 4.87. The number of fused-ring (bicyclic) bond motifs is 1. The Morgan fingerprint density at radius 1 is 1.06 bits per heavy atom. The second-order valence-corrected chi connectivity index (χ2v) is 8.82. The number of nitrogens with zero attached hydrogens (tertiary/aromatic N) is 3. The van der Waals surface area contributed by atoms with Crippen LogP contribution in [-0.2, 0) is 11.3 Å². The summed E-state index contributed by atoms with van der Waals surface area (Å²) in [6.07, 6.45) is 8.19. The first kappa shape index (κ1) is 22.8. The molecule has 0 atom stereocenters. The fourth-order valence-corrected chi connectivity index (χ4v) is 3.99. The van der Waals surface area contributed by atoms with Crippen LogP contribution in [0.1, 0.15) is 68.4 Å². The molecule has 1 aliphatic rings. The number of anilines is 1. The van der Waals surface area contributed by atoms with Gasteiger partial charge in [-0.25, -0.2) is 4.98 Å². The number of rotatable bonds is 9. The Hall–Kier alpha value is -3.35. The lowest BCUT2D eigenvalue weighted by molar-refractivity contribution is -0.117. The van der Waals surface area contributed by atoms with Gasteiger partial charge in [-0.3, -0.25) is 19.4 Å². The predicted molar refractivity (Wildman–Crippen MR) is 129 cm³/mol. The minimum absolute atomic E-state index is 0.0102.